The number of imide groups is 1. The molecule has 1 saturated heterocycles. The van der Waals surface area contributed by atoms with Crippen molar-refractivity contribution >= 4 is 39.5 Å². The van der Waals surface area contributed by atoms with E-state index in [-0.39, 0.29) is 42.9 Å². The zero-order valence-corrected chi connectivity index (χ0v) is 19.3. The van der Waals surface area contributed by atoms with Crippen LogP contribution in [0, 0.1) is 0 Å². The summed E-state index contributed by atoms with van der Waals surface area (Å²) < 4.78 is 5.26. The molecular weight excluding hydrogens is 456 g/mol. The van der Waals surface area contributed by atoms with Crippen LogP contribution in [0.4, 0.5) is 4.79 Å². The van der Waals surface area contributed by atoms with Crippen LogP contribution < -0.4 is 10.9 Å². The number of aromatic amines is 1. The standard InChI is InChI=1S/C24H24N4O5S/c29-18(9-6-12-28-22(31)24(27-23(28)32)10-4-5-11-24)33-13-17-25-20(30)19-16(14-34-21(19)26-17)15-7-2-1-3-8-15/h1-3,7-8,14H,4-6,9-13H2,(H,27,32)(H,25,26,30). The number of benzene rings is 1. The van der Waals surface area contributed by atoms with Gasteiger partial charge >= 0.3 is 12.0 Å². The molecule has 3 heterocycles. The molecule has 2 aliphatic rings. The molecule has 3 amide bonds. The van der Waals surface area contributed by atoms with Gasteiger partial charge in [-0.25, -0.2) is 9.78 Å². The third kappa shape index (κ3) is 4.09. The van der Waals surface area contributed by atoms with Gasteiger partial charge in [0.05, 0.1) is 5.39 Å². The summed E-state index contributed by atoms with van der Waals surface area (Å²) in [5.41, 5.74) is 0.730. The average Bonchev–Trinajstić information content (AvgIpc) is 3.53. The lowest BCUT2D eigenvalue weighted by Crippen LogP contribution is -2.44. The van der Waals surface area contributed by atoms with Crippen molar-refractivity contribution in [3.05, 3.63) is 51.9 Å². The Hall–Kier alpha value is -3.53. The Kier molecular flexibility index (Phi) is 5.91. The fraction of sp³-hybridized carbons (Fsp3) is 0.375. The lowest BCUT2D eigenvalue weighted by atomic mass is 9.98. The Balaban J connectivity index is 1.16. The van der Waals surface area contributed by atoms with Crippen molar-refractivity contribution in [2.75, 3.05) is 6.54 Å². The molecule has 0 bridgehead atoms. The summed E-state index contributed by atoms with van der Waals surface area (Å²) in [6.07, 6.45) is 3.54. The number of fused-ring (bicyclic) bond motifs is 1. The number of thiophene rings is 1. The average molecular weight is 481 g/mol. The number of hydrogen-bond acceptors (Lipinski definition) is 7. The van der Waals surface area contributed by atoms with Gasteiger partial charge in [0.25, 0.3) is 11.5 Å². The smallest absolute Gasteiger partial charge is 0.325 e. The molecule has 1 saturated carbocycles. The summed E-state index contributed by atoms with van der Waals surface area (Å²) in [4.78, 5) is 58.6. The van der Waals surface area contributed by atoms with E-state index >= 15 is 0 Å². The zero-order valence-electron chi connectivity index (χ0n) is 18.5. The second-order valence-electron chi connectivity index (χ2n) is 8.65. The topological polar surface area (TPSA) is 121 Å². The van der Waals surface area contributed by atoms with Gasteiger partial charge in [0.1, 0.15) is 22.8 Å². The van der Waals surface area contributed by atoms with Gasteiger partial charge in [-0.3, -0.25) is 19.3 Å². The molecule has 0 atom stereocenters. The van der Waals surface area contributed by atoms with Crippen molar-refractivity contribution in [1.29, 1.82) is 0 Å². The highest BCUT2D eigenvalue weighted by atomic mass is 32.1. The largest absolute Gasteiger partial charge is 0.458 e. The van der Waals surface area contributed by atoms with Gasteiger partial charge in [0.15, 0.2) is 0 Å². The highest BCUT2D eigenvalue weighted by Gasteiger charge is 2.52. The number of aromatic nitrogens is 2. The molecule has 10 heteroatoms. The van der Waals surface area contributed by atoms with Gasteiger partial charge in [-0.05, 0) is 24.8 Å². The third-order valence-corrected chi connectivity index (χ3v) is 7.29. The molecule has 2 aromatic heterocycles. The Morgan fingerprint density at radius 3 is 2.68 bits per heavy atom. The van der Waals surface area contributed by atoms with E-state index in [9.17, 15) is 19.2 Å². The Bertz CT molecular complexity index is 1310. The fourth-order valence-electron chi connectivity index (χ4n) is 4.69. The first-order valence-corrected chi connectivity index (χ1v) is 12.2. The molecule has 1 spiro atoms. The fourth-order valence-corrected chi connectivity index (χ4v) is 5.66. The minimum atomic E-state index is -0.740. The maximum atomic E-state index is 12.7. The van der Waals surface area contributed by atoms with Crippen LogP contribution in [0.1, 0.15) is 44.3 Å². The van der Waals surface area contributed by atoms with Gasteiger partial charge in [-0.15, -0.1) is 11.3 Å². The van der Waals surface area contributed by atoms with Gasteiger partial charge in [-0.2, -0.15) is 0 Å². The first kappa shape index (κ1) is 22.3. The van der Waals surface area contributed by atoms with Crippen LogP contribution in [-0.2, 0) is 20.9 Å². The molecule has 176 valence electrons. The quantitative estimate of drug-likeness (QED) is 0.395. The molecule has 1 aliphatic carbocycles. The number of carbonyl (C=O) groups is 3. The Morgan fingerprint density at radius 2 is 1.91 bits per heavy atom. The molecular formula is C24H24N4O5S. The molecule has 0 unspecified atom stereocenters. The summed E-state index contributed by atoms with van der Waals surface area (Å²) in [6, 6.07) is 9.21. The summed E-state index contributed by atoms with van der Waals surface area (Å²) in [7, 11) is 0. The van der Waals surface area contributed by atoms with Crippen LogP contribution in [0.3, 0.4) is 0 Å². The first-order chi connectivity index (χ1) is 16.5. The minimum absolute atomic E-state index is 0.0493. The van der Waals surface area contributed by atoms with Crippen molar-refractivity contribution in [1.82, 2.24) is 20.2 Å². The number of H-pyrrole nitrogens is 1. The van der Waals surface area contributed by atoms with Gasteiger partial charge in [-0.1, -0.05) is 43.2 Å². The van der Waals surface area contributed by atoms with Crippen molar-refractivity contribution < 1.29 is 19.1 Å². The molecule has 2 fully saturated rings. The maximum Gasteiger partial charge on any atom is 0.325 e. The van der Waals surface area contributed by atoms with Crippen LogP contribution in [0.2, 0.25) is 0 Å². The van der Waals surface area contributed by atoms with E-state index in [1.165, 1.54) is 16.2 Å². The highest BCUT2D eigenvalue weighted by molar-refractivity contribution is 7.17. The summed E-state index contributed by atoms with van der Waals surface area (Å²) in [5, 5.41) is 5.23. The number of carbonyl (C=O) groups excluding carboxylic acids is 3. The number of rotatable bonds is 7. The molecule has 34 heavy (non-hydrogen) atoms. The predicted molar refractivity (Wildman–Crippen MR) is 126 cm³/mol. The summed E-state index contributed by atoms with van der Waals surface area (Å²) >= 11 is 1.36. The van der Waals surface area contributed by atoms with Crippen molar-refractivity contribution in [2.24, 2.45) is 0 Å². The molecule has 2 N–H and O–H groups in total. The number of urea groups is 1. The Labute approximate surface area is 199 Å². The molecule has 5 rings (SSSR count). The van der Waals surface area contributed by atoms with Crippen LogP contribution in [-0.4, -0.2) is 44.9 Å². The predicted octanol–water partition coefficient (Wildman–Crippen LogP) is 3.34. The van der Waals surface area contributed by atoms with E-state index in [4.69, 9.17) is 4.74 Å². The van der Waals surface area contributed by atoms with E-state index < -0.39 is 11.5 Å². The van der Waals surface area contributed by atoms with Crippen molar-refractivity contribution in [2.45, 2.75) is 50.7 Å². The SMILES string of the molecule is O=C(CCCN1C(=O)NC2(CCCC2)C1=O)OCc1nc2scc(-c3ccccc3)c2c(=O)[nH]1. The van der Waals surface area contributed by atoms with Crippen LogP contribution in [0.25, 0.3) is 21.3 Å². The Morgan fingerprint density at radius 1 is 1.15 bits per heavy atom. The second-order valence-corrected chi connectivity index (χ2v) is 9.51. The molecule has 9 nitrogen and oxygen atoms in total. The van der Waals surface area contributed by atoms with Gasteiger partial charge in [0, 0.05) is 23.9 Å². The van der Waals surface area contributed by atoms with Crippen LogP contribution in [0.5, 0.6) is 0 Å². The van der Waals surface area contributed by atoms with Gasteiger partial charge < -0.3 is 15.0 Å². The summed E-state index contributed by atoms with van der Waals surface area (Å²) in [5.74, 6) is -0.407. The first-order valence-electron chi connectivity index (χ1n) is 11.3. The van der Waals surface area contributed by atoms with Crippen molar-refractivity contribution in [3.63, 3.8) is 0 Å². The number of amides is 3. The maximum absolute atomic E-state index is 12.7. The molecule has 1 aliphatic heterocycles. The van der Waals surface area contributed by atoms with E-state index in [1.807, 2.05) is 35.7 Å². The van der Waals surface area contributed by atoms with E-state index in [0.717, 1.165) is 24.0 Å². The van der Waals surface area contributed by atoms with Gasteiger partial charge in [0.2, 0.25) is 0 Å². The van der Waals surface area contributed by atoms with E-state index in [0.29, 0.717) is 29.5 Å². The number of nitrogens with one attached hydrogen (secondary N) is 2. The van der Waals surface area contributed by atoms with E-state index in [1.54, 1.807) is 0 Å². The third-order valence-electron chi connectivity index (χ3n) is 6.41. The minimum Gasteiger partial charge on any atom is -0.458 e. The monoisotopic (exact) mass is 480 g/mol. The zero-order chi connectivity index (χ0) is 23.7. The molecule has 0 radical (unpaired) electrons. The van der Waals surface area contributed by atoms with E-state index in [2.05, 4.69) is 15.3 Å². The highest BCUT2D eigenvalue weighted by Crippen LogP contribution is 2.35. The number of nitrogens with zero attached hydrogens (tertiary/aromatic N) is 2. The number of esters is 1. The molecule has 1 aromatic carbocycles. The summed E-state index contributed by atoms with van der Waals surface area (Å²) in [6.45, 7) is 0.00877. The number of hydrogen-bond donors (Lipinski definition) is 2. The lowest BCUT2D eigenvalue weighted by molar-refractivity contribution is -0.145. The van der Waals surface area contributed by atoms with Crippen molar-refractivity contribution in [3.8, 4) is 11.1 Å². The lowest BCUT2D eigenvalue weighted by Gasteiger charge is -2.19. The van der Waals surface area contributed by atoms with Crippen LogP contribution in [0.15, 0.2) is 40.5 Å². The van der Waals surface area contributed by atoms with Crippen LogP contribution >= 0.6 is 11.3 Å². The second kappa shape index (κ2) is 9.02. The number of ether oxygens (including phenoxy) is 1. The molecule has 3 aromatic rings. The normalized spacial score (nSPS) is 17.0.